The molecule has 0 saturated heterocycles. The van der Waals surface area contributed by atoms with Crippen LogP contribution in [0.3, 0.4) is 0 Å². The maximum Gasteiger partial charge on any atom is 0.339 e. The van der Waals surface area contributed by atoms with Crippen LogP contribution in [0.25, 0.3) is 10.8 Å². The van der Waals surface area contributed by atoms with Crippen LogP contribution in [0.5, 0.6) is 23.0 Å². The standard InChI is InChI=1S/C23H26O8S/c1-13-6-8-16(9-7-13)32(26,27)31-23-17-10-15(28-3)11-19(29-4)21(17)20(30-5)12-18(23)22(25)14(2)24/h6-12,14,22,24-25H,1-5H3/t14-,22-/m0/s1. The summed E-state index contributed by atoms with van der Waals surface area (Å²) in [4.78, 5) is -0.0561. The summed E-state index contributed by atoms with van der Waals surface area (Å²) >= 11 is 0. The number of aryl methyl sites for hydroxylation is 1. The highest BCUT2D eigenvalue weighted by Gasteiger charge is 2.29. The third kappa shape index (κ3) is 4.45. The van der Waals surface area contributed by atoms with Gasteiger partial charge < -0.3 is 28.6 Å². The van der Waals surface area contributed by atoms with Gasteiger partial charge in [-0.2, -0.15) is 8.42 Å². The Morgan fingerprint density at radius 2 is 1.47 bits per heavy atom. The Morgan fingerprint density at radius 3 is 2.00 bits per heavy atom. The van der Waals surface area contributed by atoms with Crippen molar-refractivity contribution >= 4 is 20.9 Å². The van der Waals surface area contributed by atoms with E-state index in [0.29, 0.717) is 22.6 Å². The van der Waals surface area contributed by atoms with Crippen LogP contribution < -0.4 is 18.4 Å². The van der Waals surface area contributed by atoms with Crippen molar-refractivity contribution in [1.82, 2.24) is 0 Å². The minimum Gasteiger partial charge on any atom is -0.497 e. The van der Waals surface area contributed by atoms with Gasteiger partial charge in [-0.1, -0.05) is 17.7 Å². The molecular formula is C23H26O8S. The minimum atomic E-state index is -4.28. The number of hydrogen-bond acceptors (Lipinski definition) is 8. The SMILES string of the molecule is COc1cc(OC)c2c(OC)cc([C@@H](O)[C@H](C)O)c(OS(=O)(=O)c3ccc(C)cc3)c2c1. The van der Waals surface area contributed by atoms with Crippen LogP contribution >= 0.6 is 0 Å². The molecule has 0 unspecified atom stereocenters. The molecule has 0 aliphatic heterocycles. The molecule has 2 atom stereocenters. The van der Waals surface area contributed by atoms with Crippen molar-refractivity contribution in [3.63, 3.8) is 0 Å². The van der Waals surface area contributed by atoms with Crippen LogP contribution in [0.1, 0.15) is 24.2 Å². The molecule has 0 fully saturated rings. The predicted molar refractivity (Wildman–Crippen MR) is 119 cm³/mol. The van der Waals surface area contributed by atoms with E-state index < -0.39 is 22.3 Å². The topological polar surface area (TPSA) is 112 Å². The first-order chi connectivity index (χ1) is 15.1. The summed E-state index contributed by atoms with van der Waals surface area (Å²) in [6.07, 6.45) is -2.66. The molecule has 0 aromatic heterocycles. The Hall–Kier alpha value is -3.01. The number of fused-ring (bicyclic) bond motifs is 1. The Morgan fingerprint density at radius 1 is 0.875 bits per heavy atom. The summed E-state index contributed by atoms with van der Waals surface area (Å²) < 4.78 is 48.1. The van der Waals surface area contributed by atoms with Crippen molar-refractivity contribution in [1.29, 1.82) is 0 Å². The van der Waals surface area contributed by atoms with E-state index in [-0.39, 0.29) is 21.6 Å². The smallest absolute Gasteiger partial charge is 0.339 e. The molecule has 0 bridgehead atoms. The number of methoxy groups -OCH3 is 3. The molecule has 172 valence electrons. The van der Waals surface area contributed by atoms with E-state index in [2.05, 4.69) is 0 Å². The zero-order valence-corrected chi connectivity index (χ0v) is 19.3. The number of aliphatic hydroxyl groups is 2. The second-order valence-electron chi connectivity index (χ2n) is 7.29. The quantitative estimate of drug-likeness (QED) is 0.490. The molecule has 8 nitrogen and oxygen atoms in total. The molecule has 2 N–H and O–H groups in total. The van der Waals surface area contributed by atoms with Crippen molar-refractivity contribution in [2.24, 2.45) is 0 Å². The van der Waals surface area contributed by atoms with Gasteiger partial charge >= 0.3 is 10.1 Å². The number of benzene rings is 3. The Bertz CT molecular complexity index is 1220. The largest absolute Gasteiger partial charge is 0.497 e. The van der Waals surface area contributed by atoms with Crippen LogP contribution in [0.4, 0.5) is 0 Å². The predicted octanol–water partition coefficient (Wildman–Crippen LogP) is 3.36. The molecule has 9 heteroatoms. The molecule has 0 spiro atoms. The normalized spacial score (nSPS) is 13.5. The van der Waals surface area contributed by atoms with Crippen molar-refractivity contribution in [3.05, 3.63) is 53.6 Å². The first-order valence-corrected chi connectivity index (χ1v) is 11.2. The molecule has 0 amide bonds. The number of ether oxygens (including phenoxy) is 3. The van der Waals surface area contributed by atoms with Gasteiger partial charge in [-0.05, 0) is 38.1 Å². The number of hydrogen-bond donors (Lipinski definition) is 2. The average Bonchev–Trinajstić information content (AvgIpc) is 2.78. The molecule has 0 heterocycles. The van der Waals surface area contributed by atoms with Gasteiger partial charge in [0.15, 0.2) is 5.75 Å². The molecule has 0 radical (unpaired) electrons. The number of aliphatic hydroxyl groups excluding tert-OH is 2. The Balaban J connectivity index is 2.37. The summed E-state index contributed by atoms with van der Waals surface area (Å²) in [6.45, 7) is 3.22. The van der Waals surface area contributed by atoms with Gasteiger partial charge in [0.25, 0.3) is 0 Å². The van der Waals surface area contributed by atoms with E-state index in [1.807, 2.05) is 6.92 Å². The summed E-state index contributed by atoms with van der Waals surface area (Å²) in [5.74, 6) is 0.866. The summed E-state index contributed by atoms with van der Waals surface area (Å²) in [5.41, 5.74) is 0.925. The molecular weight excluding hydrogens is 436 g/mol. The van der Waals surface area contributed by atoms with Gasteiger partial charge in [-0.25, -0.2) is 0 Å². The first-order valence-electron chi connectivity index (χ1n) is 9.76. The van der Waals surface area contributed by atoms with Crippen molar-refractivity contribution in [2.45, 2.75) is 31.0 Å². The summed E-state index contributed by atoms with van der Waals surface area (Å²) in [6, 6.07) is 10.8. The fourth-order valence-electron chi connectivity index (χ4n) is 3.33. The van der Waals surface area contributed by atoms with E-state index in [1.54, 1.807) is 24.3 Å². The van der Waals surface area contributed by atoms with E-state index in [4.69, 9.17) is 18.4 Å². The van der Waals surface area contributed by atoms with Crippen molar-refractivity contribution in [2.75, 3.05) is 21.3 Å². The lowest BCUT2D eigenvalue weighted by Gasteiger charge is -2.22. The van der Waals surface area contributed by atoms with Gasteiger partial charge in [0, 0.05) is 17.0 Å². The first kappa shape index (κ1) is 23.6. The van der Waals surface area contributed by atoms with E-state index in [0.717, 1.165) is 5.56 Å². The Labute approximate surface area is 187 Å². The van der Waals surface area contributed by atoms with E-state index >= 15 is 0 Å². The third-order valence-electron chi connectivity index (χ3n) is 5.07. The zero-order chi connectivity index (χ0) is 23.6. The Kier molecular flexibility index (Phi) is 6.82. The maximum absolute atomic E-state index is 13.1. The summed E-state index contributed by atoms with van der Waals surface area (Å²) in [7, 11) is 0.0624. The van der Waals surface area contributed by atoms with E-state index in [1.165, 1.54) is 46.5 Å². The average molecular weight is 463 g/mol. The van der Waals surface area contributed by atoms with Gasteiger partial charge in [0.1, 0.15) is 28.2 Å². The highest BCUT2D eigenvalue weighted by molar-refractivity contribution is 7.87. The van der Waals surface area contributed by atoms with Crippen LogP contribution in [0, 0.1) is 6.92 Å². The monoisotopic (exact) mass is 462 g/mol. The van der Waals surface area contributed by atoms with Crippen LogP contribution in [-0.2, 0) is 10.1 Å². The van der Waals surface area contributed by atoms with Crippen LogP contribution in [-0.4, -0.2) is 46.1 Å². The number of rotatable bonds is 8. The lowest BCUT2D eigenvalue weighted by molar-refractivity contribution is 0.0296. The molecule has 3 aromatic rings. The van der Waals surface area contributed by atoms with Gasteiger partial charge in [0.05, 0.1) is 32.8 Å². The second kappa shape index (κ2) is 9.23. The summed E-state index contributed by atoms with van der Waals surface area (Å²) in [5, 5.41) is 21.4. The molecule has 3 rings (SSSR count). The van der Waals surface area contributed by atoms with Gasteiger partial charge in [-0.15, -0.1) is 0 Å². The van der Waals surface area contributed by atoms with Gasteiger partial charge in [0.2, 0.25) is 0 Å². The van der Waals surface area contributed by atoms with Gasteiger partial charge in [-0.3, -0.25) is 0 Å². The molecule has 3 aromatic carbocycles. The van der Waals surface area contributed by atoms with Crippen LogP contribution in [0.2, 0.25) is 0 Å². The maximum atomic E-state index is 13.1. The molecule has 0 aliphatic carbocycles. The minimum absolute atomic E-state index is 0.0374. The highest BCUT2D eigenvalue weighted by atomic mass is 32.2. The fraction of sp³-hybridized carbons (Fsp3) is 0.304. The zero-order valence-electron chi connectivity index (χ0n) is 18.4. The van der Waals surface area contributed by atoms with Crippen molar-refractivity contribution in [3.8, 4) is 23.0 Å². The highest BCUT2D eigenvalue weighted by Crippen LogP contribution is 2.46. The van der Waals surface area contributed by atoms with Crippen LogP contribution in [0.15, 0.2) is 47.4 Å². The lowest BCUT2D eigenvalue weighted by Crippen LogP contribution is -2.18. The molecule has 32 heavy (non-hydrogen) atoms. The second-order valence-corrected chi connectivity index (χ2v) is 8.83. The third-order valence-corrected chi connectivity index (χ3v) is 6.30. The lowest BCUT2D eigenvalue weighted by atomic mass is 9.97. The van der Waals surface area contributed by atoms with Crippen molar-refractivity contribution < 1.29 is 37.0 Å². The molecule has 0 saturated carbocycles. The fourth-order valence-corrected chi connectivity index (χ4v) is 4.30. The molecule has 0 aliphatic rings. The van der Waals surface area contributed by atoms with E-state index in [9.17, 15) is 18.6 Å².